The highest BCUT2D eigenvalue weighted by atomic mass is 19.1. The van der Waals surface area contributed by atoms with E-state index >= 15 is 0 Å². The number of benzene rings is 1. The highest BCUT2D eigenvalue weighted by Crippen LogP contribution is 2.23. The molecule has 1 unspecified atom stereocenters. The topological polar surface area (TPSA) is 32.3 Å². The molecule has 1 atom stereocenters. The third-order valence-corrected chi connectivity index (χ3v) is 2.64. The van der Waals surface area contributed by atoms with Crippen molar-refractivity contribution in [1.29, 1.82) is 0 Å². The summed E-state index contributed by atoms with van der Waals surface area (Å²) in [6.45, 7) is 2.09. The molecule has 0 aliphatic heterocycles. The van der Waals surface area contributed by atoms with E-state index in [0.717, 1.165) is 5.56 Å². The fourth-order valence-corrected chi connectivity index (χ4v) is 1.46. The van der Waals surface area contributed by atoms with E-state index < -0.39 is 0 Å². The maximum absolute atomic E-state index is 12.7. The number of nitrogens with one attached hydrogen (secondary N) is 1. The molecule has 0 aliphatic rings. The summed E-state index contributed by atoms with van der Waals surface area (Å²) in [6, 6.07) is 6.34. The van der Waals surface area contributed by atoms with E-state index in [2.05, 4.69) is 5.32 Å². The average molecular weight is 197 g/mol. The largest absolute Gasteiger partial charge is 0.396 e. The molecule has 0 saturated carbocycles. The van der Waals surface area contributed by atoms with Gasteiger partial charge in [0.15, 0.2) is 0 Å². The fraction of sp³-hybridized carbons (Fsp3) is 0.455. The van der Waals surface area contributed by atoms with Crippen LogP contribution in [0.2, 0.25) is 0 Å². The number of aliphatic hydroxyl groups excluding tert-OH is 1. The predicted octanol–water partition coefficient (Wildman–Crippen LogP) is 1.64. The smallest absolute Gasteiger partial charge is 0.123 e. The second-order valence-electron chi connectivity index (χ2n) is 3.56. The average Bonchev–Trinajstić information content (AvgIpc) is 2.19. The lowest BCUT2D eigenvalue weighted by Gasteiger charge is -2.29. The van der Waals surface area contributed by atoms with E-state index in [-0.39, 0.29) is 18.0 Å². The van der Waals surface area contributed by atoms with Crippen molar-refractivity contribution >= 4 is 0 Å². The van der Waals surface area contributed by atoms with Crippen molar-refractivity contribution in [2.45, 2.75) is 18.9 Å². The van der Waals surface area contributed by atoms with E-state index in [4.69, 9.17) is 5.11 Å². The Morgan fingerprint density at radius 2 is 1.93 bits per heavy atom. The van der Waals surface area contributed by atoms with Crippen LogP contribution in [0, 0.1) is 5.82 Å². The first-order valence-electron chi connectivity index (χ1n) is 4.68. The molecule has 1 rings (SSSR count). The van der Waals surface area contributed by atoms with E-state index in [1.165, 1.54) is 12.1 Å². The summed E-state index contributed by atoms with van der Waals surface area (Å²) >= 11 is 0. The first kappa shape index (κ1) is 11.1. The molecular formula is C11H16FNO. The highest BCUT2D eigenvalue weighted by Gasteiger charge is 2.23. The van der Waals surface area contributed by atoms with E-state index in [1.54, 1.807) is 12.1 Å². The summed E-state index contributed by atoms with van der Waals surface area (Å²) in [5.74, 6) is -0.240. The third kappa shape index (κ3) is 2.30. The SMILES string of the molecule is CNC(C)(CCO)c1ccc(F)cc1. The zero-order chi connectivity index (χ0) is 10.6. The Morgan fingerprint density at radius 3 is 2.36 bits per heavy atom. The van der Waals surface area contributed by atoms with Gasteiger partial charge in [0, 0.05) is 12.1 Å². The van der Waals surface area contributed by atoms with Crippen molar-refractivity contribution in [2.75, 3.05) is 13.7 Å². The Labute approximate surface area is 83.8 Å². The minimum Gasteiger partial charge on any atom is -0.396 e. The molecule has 1 aromatic rings. The van der Waals surface area contributed by atoms with Gasteiger partial charge in [-0.1, -0.05) is 12.1 Å². The molecule has 0 fully saturated rings. The molecule has 14 heavy (non-hydrogen) atoms. The molecule has 0 saturated heterocycles. The zero-order valence-corrected chi connectivity index (χ0v) is 8.55. The summed E-state index contributed by atoms with van der Waals surface area (Å²) in [7, 11) is 1.83. The number of rotatable bonds is 4. The molecule has 0 spiro atoms. The quantitative estimate of drug-likeness (QED) is 0.769. The van der Waals surface area contributed by atoms with Crippen LogP contribution in [0.25, 0.3) is 0 Å². The molecule has 1 aromatic carbocycles. The molecule has 0 radical (unpaired) electrons. The molecule has 2 nitrogen and oxygen atoms in total. The van der Waals surface area contributed by atoms with Crippen molar-refractivity contribution in [2.24, 2.45) is 0 Å². The Morgan fingerprint density at radius 1 is 1.36 bits per heavy atom. The highest BCUT2D eigenvalue weighted by molar-refractivity contribution is 5.24. The van der Waals surface area contributed by atoms with Crippen LogP contribution in [-0.2, 0) is 5.54 Å². The van der Waals surface area contributed by atoms with Gasteiger partial charge >= 0.3 is 0 Å². The molecule has 2 N–H and O–H groups in total. The normalized spacial score (nSPS) is 15.1. The lowest BCUT2D eigenvalue weighted by Crippen LogP contribution is -2.37. The van der Waals surface area contributed by atoms with Gasteiger partial charge in [-0.05, 0) is 38.1 Å². The Kier molecular flexibility index (Phi) is 3.61. The van der Waals surface area contributed by atoms with Crippen molar-refractivity contribution < 1.29 is 9.50 Å². The third-order valence-electron chi connectivity index (χ3n) is 2.64. The minimum atomic E-state index is -0.289. The summed E-state index contributed by atoms with van der Waals surface area (Å²) in [6.07, 6.45) is 0.606. The lowest BCUT2D eigenvalue weighted by atomic mass is 9.89. The molecule has 78 valence electrons. The van der Waals surface area contributed by atoms with Gasteiger partial charge in [0.25, 0.3) is 0 Å². The second kappa shape index (κ2) is 4.53. The Bertz CT molecular complexity index is 286. The van der Waals surface area contributed by atoms with Crippen LogP contribution < -0.4 is 5.32 Å². The molecular weight excluding hydrogens is 181 g/mol. The van der Waals surface area contributed by atoms with Gasteiger partial charge in [0.1, 0.15) is 5.82 Å². The van der Waals surface area contributed by atoms with Crippen LogP contribution in [0.1, 0.15) is 18.9 Å². The van der Waals surface area contributed by atoms with Crippen LogP contribution in [0.3, 0.4) is 0 Å². The summed E-state index contributed by atoms with van der Waals surface area (Å²) in [5.41, 5.74) is 0.693. The number of halogens is 1. The van der Waals surface area contributed by atoms with Crippen LogP contribution in [0.4, 0.5) is 4.39 Å². The number of aliphatic hydroxyl groups is 1. The van der Waals surface area contributed by atoms with Crippen molar-refractivity contribution in [3.63, 3.8) is 0 Å². The van der Waals surface area contributed by atoms with Crippen molar-refractivity contribution in [3.05, 3.63) is 35.6 Å². The maximum Gasteiger partial charge on any atom is 0.123 e. The van der Waals surface area contributed by atoms with Crippen molar-refractivity contribution in [3.8, 4) is 0 Å². The summed E-state index contributed by atoms with van der Waals surface area (Å²) < 4.78 is 12.7. The summed E-state index contributed by atoms with van der Waals surface area (Å²) in [5, 5.41) is 12.1. The van der Waals surface area contributed by atoms with E-state index in [0.29, 0.717) is 6.42 Å². The van der Waals surface area contributed by atoms with Crippen LogP contribution in [-0.4, -0.2) is 18.8 Å². The molecule has 0 aliphatic carbocycles. The van der Waals surface area contributed by atoms with E-state index in [1.807, 2.05) is 14.0 Å². The van der Waals surface area contributed by atoms with Gasteiger partial charge in [0.05, 0.1) is 0 Å². The standard InChI is InChI=1S/C11H16FNO/c1-11(13-2,7-8-14)9-3-5-10(12)6-4-9/h3-6,13-14H,7-8H2,1-2H3. The molecule has 0 amide bonds. The van der Waals surface area contributed by atoms with Crippen LogP contribution in [0.5, 0.6) is 0 Å². The molecule has 0 bridgehead atoms. The maximum atomic E-state index is 12.7. The van der Waals surface area contributed by atoms with Gasteiger partial charge in [-0.2, -0.15) is 0 Å². The first-order valence-corrected chi connectivity index (χ1v) is 4.68. The van der Waals surface area contributed by atoms with Gasteiger partial charge in [-0.25, -0.2) is 4.39 Å². The molecule has 0 aromatic heterocycles. The summed E-state index contributed by atoms with van der Waals surface area (Å²) in [4.78, 5) is 0. The number of hydrogen-bond acceptors (Lipinski definition) is 2. The Hall–Kier alpha value is -0.930. The molecule has 3 heteroatoms. The van der Waals surface area contributed by atoms with Crippen molar-refractivity contribution in [1.82, 2.24) is 5.32 Å². The van der Waals surface area contributed by atoms with Gasteiger partial charge in [-0.15, -0.1) is 0 Å². The van der Waals surface area contributed by atoms with Crippen LogP contribution in [0.15, 0.2) is 24.3 Å². The zero-order valence-electron chi connectivity index (χ0n) is 8.55. The van der Waals surface area contributed by atoms with Gasteiger partial charge in [0.2, 0.25) is 0 Å². The van der Waals surface area contributed by atoms with Gasteiger partial charge in [-0.3, -0.25) is 0 Å². The fourth-order valence-electron chi connectivity index (χ4n) is 1.46. The van der Waals surface area contributed by atoms with Gasteiger partial charge < -0.3 is 10.4 Å². The lowest BCUT2D eigenvalue weighted by molar-refractivity contribution is 0.228. The number of hydrogen-bond donors (Lipinski definition) is 2. The van der Waals surface area contributed by atoms with Crippen LogP contribution >= 0.6 is 0 Å². The monoisotopic (exact) mass is 197 g/mol. The minimum absolute atomic E-state index is 0.106. The molecule has 0 heterocycles. The first-order chi connectivity index (χ1) is 6.62. The van der Waals surface area contributed by atoms with E-state index in [9.17, 15) is 4.39 Å². The second-order valence-corrected chi connectivity index (χ2v) is 3.56. The predicted molar refractivity (Wildman–Crippen MR) is 54.5 cm³/mol. The Balaban J connectivity index is 2.94.